The van der Waals surface area contributed by atoms with Gasteiger partial charge in [0.2, 0.25) is 0 Å². The lowest BCUT2D eigenvalue weighted by molar-refractivity contribution is -0.00609. The number of nitrogens with one attached hydrogen (secondary N) is 1. The fourth-order valence-corrected chi connectivity index (χ4v) is 3.36. The Labute approximate surface area is 101 Å². The number of phenols is 1. The third-order valence-electron chi connectivity index (χ3n) is 4.06. The topological polar surface area (TPSA) is 52.5 Å². The maximum absolute atomic E-state index is 10.7. The van der Waals surface area contributed by atoms with Crippen LogP contribution in [0.3, 0.4) is 0 Å². The molecule has 3 heteroatoms. The van der Waals surface area contributed by atoms with E-state index in [-0.39, 0.29) is 5.75 Å². The minimum absolute atomic E-state index is 0.283. The Morgan fingerprint density at radius 3 is 2.29 bits per heavy atom. The van der Waals surface area contributed by atoms with Crippen molar-refractivity contribution >= 4 is 0 Å². The number of hydrogen-bond donors (Lipinski definition) is 3. The van der Waals surface area contributed by atoms with Gasteiger partial charge in [0.1, 0.15) is 5.75 Å². The van der Waals surface area contributed by atoms with Crippen LogP contribution in [0.2, 0.25) is 0 Å². The second-order valence-corrected chi connectivity index (χ2v) is 5.61. The Balaban J connectivity index is 1.73. The Kier molecular flexibility index (Phi) is 2.60. The Hall–Kier alpha value is -1.06. The first-order valence-electron chi connectivity index (χ1n) is 6.39. The number of phenolic OH excluding ortho intramolecular Hbond substituents is 1. The van der Waals surface area contributed by atoms with E-state index in [1.807, 2.05) is 12.1 Å². The fourth-order valence-electron chi connectivity index (χ4n) is 3.36. The van der Waals surface area contributed by atoms with Gasteiger partial charge >= 0.3 is 0 Å². The van der Waals surface area contributed by atoms with Crippen LogP contribution in [0.5, 0.6) is 5.75 Å². The van der Waals surface area contributed by atoms with Crippen molar-refractivity contribution in [2.24, 2.45) is 0 Å². The van der Waals surface area contributed by atoms with E-state index >= 15 is 0 Å². The summed E-state index contributed by atoms with van der Waals surface area (Å²) in [6.07, 6.45) is 4.79. The smallest absolute Gasteiger partial charge is 0.115 e. The highest BCUT2D eigenvalue weighted by atomic mass is 16.3. The first-order valence-corrected chi connectivity index (χ1v) is 6.39. The molecule has 2 atom stereocenters. The summed E-state index contributed by atoms with van der Waals surface area (Å²) in [4.78, 5) is 0. The van der Waals surface area contributed by atoms with Gasteiger partial charge < -0.3 is 15.5 Å². The predicted octanol–water partition coefficient (Wildman–Crippen LogP) is 1.58. The number of benzene rings is 1. The van der Waals surface area contributed by atoms with Crippen molar-refractivity contribution in [2.45, 2.75) is 49.8 Å². The number of aliphatic hydroxyl groups is 1. The van der Waals surface area contributed by atoms with Crippen LogP contribution in [-0.2, 0) is 6.42 Å². The normalized spacial score (nSPS) is 36.1. The Bertz CT molecular complexity index is 389. The molecule has 3 N–H and O–H groups in total. The molecule has 2 aliphatic rings. The van der Waals surface area contributed by atoms with Crippen LogP contribution < -0.4 is 5.32 Å². The molecule has 1 aromatic rings. The van der Waals surface area contributed by atoms with E-state index in [0.29, 0.717) is 18.5 Å². The average Bonchev–Trinajstić information content (AvgIpc) is 2.62. The largest absolute Gasteiger partial charge is 0.508 e. The first-order chi connectivity index (χ1) is 8.13. The molecule has 3 nitrogen and oxygen atoms in total. The number of piperidine rings is 1. The van der Waals surface area contributed by atoms with Crippen LogP contribution in [0.4, 0.5) is 0 Å². The summed E-state index contributed by atoms with van der Waals surface area (Å²) in [5, 5.41) is 23.5. The molecule has 92 valence electrons. The quantitative estimate of drug-likeness (QED) is 0.727. The van der Waals surface area contributed by atoms with Gasteiger partial charge in [0, 0.05) is 18.5 Å². The molecule has 2 unspecified atom stereocenters. The van der Waals surface area contributed by atoms with Crippen molar-refractivity contribution in [3.63, 3.8) is 0 Å². The third-order valence-corrected chi connectivity index (χ3v) is 4.06. The van der Waals surface area contributed by atoms with Gasteiger partial charge in [-0.2, -0.15) is 0 Å². The van der Waals surface area contributed by atoms with E-state index in [1.54, 1.807) is 12.1 Å². The van der Waals surface area contributed by atoms with Crippen LogP contribution in [-0.4, -0.2) is 27.9 Å². The maximum atomic E-state index is 10.7. The zero-order valence-electron chi connectivity index (χ0n) is 9.89. The lowest BCUT2D eigenvalue weighted by Gasteiger charge is -2.37. The lowest BCUT2D eigenvalue weighted by atomic mass is 9.82. The minimum Gasteiger partial charge on any atom is -0.508 e. The molecule has 1 aromatic carbocycles. The summed E-state index contributed by atoms with van der Waals surface area (Å²) >= 11 is 0. The van der Waals surface area contributed by atoms with Crippen molar-refractivity contribution < 1.29 is 10.2 Å². The zero-order valence-corrected chi connectivity index (χ0v) is 9.89. The molecule has 0 amide bonds. The van der Waals surface area contributed by atoms with Crippen molar-refractivity contribution in [3.05, 3.63) is 29.8 Å². The molecule has 0 aliphatic carbocycles. The summed E-state index contributed by atoms with van der Waals surface area (Å²) in [5.74, 6) is 0.283. The van der Waals surface area contributed by atoms with Gasteiger partial charge in [-0.05, 0) is 43.4 Å². The molecule has 0 spiro atoms. The maximum Gasteiger partial charge on any atom is 0.115 e. The van der Waals surface area contributed by atoms with E-state index < -0.39 is 5.60 Å². The molecule has 0 aromatic heterocycles. The second-order valence-electron chi connectivity index (χ2n) is 5.61. The van der Waals surface area contributed by atoms with E-state index in [9.17, 15) is 10.2 Å². The van der Waals surface area contributed by atoms with E-state index in [4.69, 9.17) is 0 Å². The molecule has 2 bridgehead atoms. The SMILES string of the molecule is Oc1ccc(CC2(O)CC3CCC(C2)N3)cc1. The molecular weight excluding hydrogens is 214 g/mol. The highest BCUT2D eigenvalue weighted by Gasteiger charge is 2.42. The molecule has 2 heterocycles. The molecule has 17 heavy (non-hydrogen) atoms. The van der Waals surface area contributed by atoms with Crippen LogP contribution in [0.25, 0.3) is 0 Å². The van der Waals surface area contributed by atoms with Crippen LogP contribution in [0, 0.1) is 0 Å². The van der Waals surface area contributed by atoms with Gasteiger partial charge in [-0.15, -0.1) is 0 Å². The summed E-state index contributed by atoms with van der Waals surface area (Å²) < 4.78 is 0. The van der Waals surface area contributed by atoms with Gasteiger partial charge in [0.25, 0.3) is 0 Å². The Morgan fingerprint density at radius 1 is 1.12 bits per heavy atom. The highest BCUT2D eigenvalue weighted by molar-refractivity contribution is 5.27. The number of rotatable bonds is 2. The van der Waals surface area contributed by atoms with Crippen LogP contribution >= 0.6 is 0 Å². The van der Waals surface area contributed by atoms with E-state index in [2.05, 4.69) is 5.32 Å². The molecule has 0 saturated carbocycles. The van der Waals surface area contributed by atoms with Crippen LogP contribution in [0.15, 0.2) is 24.3 Å². The zero-order chi connectivity index (χ0) is 11.9. The first kappa shape index (κ1) is 11.1. The third kappa shape index (κ3) is 2.31. The van der Waals surface area contributed by atoms with Crippen molar-refractivity contribution in [1.82, 2.24) is 5.32 Å². The second kappa shape index (κ2) is 4.00. The number of hydrogen-bond acceptors (Lipinski definition) is 3. The highest BCUT2D eigenvalue weighted by Crippen LogP contribution is 2.36. The number of fused-ring (bicyclic) bond motifs is 2. The van der Waals surface area contributed by atoms with Gasteiger partial charge in [0.15, 0.2) is 0 Å². The van der Waals surface area contributed by atoms with Crippen LogP contribution in [0.1, 0.15) is 31.2 Å². The monoisotopic (exact) mass is 233 g/mol. The predicted molar refractivity (Wildman–Crippen MR) is 65.9 cm³/mol. The molecule has 3 rings (SSSR count). The molecule has 0 radical (unpaired) electrons. The molecule has 2 fully saturated rings. The summed E-state index contributed by atoms with van der Waals surface area (Å²) in [6.45, 7) is 0. The standard InChI is InChI=1S/C14H19NO2/c16-13-5-1-10(2-6-13)7-14(17)8-11-3-4-12(9-14)15-11/h1-2,5-6,11-12,15-17H,3-4,7-9H2. The van der Waals surface area contributed by atoms with Gasteiger partial charge in [-0.1, -0.05) is 12.1 Å². The van der Waals surface area contributed by atoms with Crippen molar-refractivity contribution in [1.29, 1.82) is 0 Å². The number of aromatic hydroxyl groups is 1. The van der Waals surface area contributed by atoms with E-state index in [1.165, 1.54) is 12.8 Å². The Morgan fingerprint density at radius 2 is 1.71 bits per heavy atom. The van der Waals surface area contributed by atoms with Crippen molar-refractivity contribution in [3.8, 4) is 5.75 Å². The molecule has 2 saturated heterocycles. The summed E-state index contributed by atoms with van der Waals surface area (Å²) in [5.41, 5.74) is 0.542. The molecular formula is C14H19NO2. The fraction of sp³-hybridized carbons (Fsp3) is 0.571. The van der Waals surface area contributed by atoms with E-state index in [0.717, 1.165) is 18.4 Å². The average molecular weight is 233 g/mol. The molecule has 2 aliphatic heterocycles. The van der Waals surface area contributed by atoms with Crippen molar-refractivity contribution in [2.75, 3.05) is 0 Å². The van der Waals surface area contributed by atoms with Gasteiger partial charge in [-0.25, -0.2) is 0 Å². The summed E-state index contributed by atoms with van der Waals surface area (Å²) in [6, 6.07) is 8.17. The van der Waals surface area contributed by atoms with Gasteiger partial charge in [-0.3, -0.25) is 0 Å². The lowest BCUT2D eigenvalue weighted by Crippen LogP contribution is -2.49. The minimum atomic E-state index is -0.561. The van der Waals surface area contributed by atoms with Gasteiger partial charge in [0.05, 0.1) is 5.60 Å². The summed E-state index contributed by atoms with van der Waals surface area (Å²) in [7, 11) is 0.